The molecule has 3 aromatic heterocycles. The van der Waals surface area contributed by atoms with E-state index in [0.29, 0.717) is 11.5 Å². The standard InChI is InChI=1S/C40H25N3O/c1-5-13-26(14-6-1)29-21-22-34-31(23-29)32-25-36-33(24-35(32)43(34)30-19-11-4-12-20-30)37-38(27-15-7-2-8-16-27)41-39(42-40(37)44-36)28-17-9-3-10-18-28/h1-25H. The summed E-state index contributed by atoms with van der Waals surface area (Å²) >= 11 is 0. The van der Waals surface area contributed by atoms with Crippen molar-refractivity contribution in [1.29, 1.82) is 0 Å². The van der Waals surface area contributed by atoms with Crippen LogP contribution in [0.5, 0.6) is 0 Å². The van der Waals surface area contributed by atoms with Crippen molar-refractivity contribution >= 4 is 43.9 Å². The first-order chi connectivity index (χ1) is 21.8. The van der Waals surface area contributed by atoms with Crippen molar-refractivity contribution < 1.29 is 4.42 Å². The largest absolute Gasteiger partial charge is 0.438 e. The first-order valence-electron chi connectivity index (χ1n) is 14.8. The summed E-state index contributed by atoms with van der Waals surface area (Å²) in [6, 6.07) is 52.6. The van der Waals surface area contributed by atoms with Crippen LogP contribution < -0.4 is 0 Å². The van der Waals surface area contributed by atoms with E-state index in [2.05, 4.69) is 108 Å². The van der Waals surface area contributed by atoms with Crippen LogP contribution in [0.3, 0.4) is 0 Å². The van der Waals surface area contributed by atoms with Crippen molar-refractivity contribution in [3.63, 3.8) is 0 Å². The molecule has 0 saturated heterocycles. The lowest BCUT2D eigenvalue weighted by molar-refractivity contribution is 0.654. The van der Waals surface area contributed by atoms with Gasteiger partial charge < -0.3 is 8.98 Å². The van der Waals surface area contributed by atoms with Gasteiger partial charge in [-0.2, -0.15) is 4.98 Å². The van der Waals surface area contributed by atoms with Crippen molar-refractivity contribution in [3.8, 4) is 39.5 Å². The third-order valence-corrected chi connectivity index (χ3v) is 8.42. The maximum atomic E-state index is 6.60. The summed E-state index contributed by atoms with van der Waals surface area (Å²) < 4.78 is 8.95. The van der Waals surface area contributed by atoms with E-state index in [-0.39, 0.29) is 0 Å². The molecule has 3 heterocycles. The number of hydrogen-bond acceptors (Lipinski definition) is 3. The lowest BCUT2D eigenvalue weighted by Crippen LogP contribution is -1.94. The molecule has 4 nitrogen and oxygen atoms in total. The third kappa shape index (κ3) is 3.85. The first kappa shape index (κ1) is 24.6. The topological polar surface area (TPSA) is 43.9 Å². The van der Waals surface area contributed by atoms with Crippen LogP contribution in [0.25, 0.3) is 83.3 Å². The molecule has 6 aromatic carbocycles. The Kier molecular flexibility index (Phi) is 5.47. The Morgan fingerprint density at radius 1 is 0.455 bits per heavy atom. The van der Waals surface area contributed by atoms with Crippen LogP contribution in [-0.4, -0.2) is 14.5 Å². The van der Waals surface area contributed by atoms with Crippen molar-refractivity contribution in [2.24, 2.45) is 0 Å². The zero-order chi connectivity index (χ0) is 29.0. The minimum atomic E-state index is 0.584. The van der Waals surface area contributed by atoms with Crippen molar-refractivity contribution in [1.82, 2.24) is 14.5 Å². The number of furan rings is 1. The van der Waals surface area contributed by atoms with E-state index in [1.807, 2.05) is 48.5 Å². The van der Waals surface area contributed by atoms with Crippen molar-refractivity contribution in [2.45, 2.75) is 0 Å². The Hall–Kier alpha value is -6.00. The second kappa shape index (κ2) is 9.79. The molecule has 9 rings (SSSR count). The van der Waals surface area contributed by atoms with Gasteiger partial charge in [-0.15, -0.1) is 0 Å². The van der Waals surface area contributed by atoms with Crippen molar-refractivity contribution in [2.75, 3.05) is 0 Å². The summed E-state index contributed by atoms with van der Waals surface area (Å²) in [5.41, 5.74) is 9.95. The fourth-order valence-electron chi connectivity index (χ4n) is 6.37. The molecule has 9 aromatic rings. The lowest BCUT2D eigenvalue weighted by atomic mass is 10.0. The minimum absolute atomic E-state index is 0.584. The highest BCUT2D eigenvalue weighted by atomic mass is 16.3. The maximum absolute atomic E-state index is 6.60. The zero-order valence-electron chi connectivity index (χ0n) is 23.7. The van der Waals surface area contributed by atoms with E-state index in [1.54, 1.807) is 0 Å². The van der Waals surface area contributed by atoms with Gasteiger partial charge >= 0.3 is 0 Å². The number of benzene rings is 6. The molecule has 0 amide bonds. The Morgan fingerprint density at radius 3 is 1.77 bits per heavy atom. The molecular weight excluding hydrogens is 538 g/mol. The van der Waals surface area contributed by atoms with Gasteiger partial charge in [0.25, 0.3) is 0 Å². The predicted octanol–water partition coefficient (Wildman–Crippen LogP) is 10.5. The molecule has 0 fully saturated rings. The van der Waals surface area contributed by atoms with Crippen LogP contribution in [0.2, 0.25) is 0 Å². The minimum Gasteiger partial charge on any atom is -0.438 e. The number of hydrogen-bond donors (Lipinski definition) is 0. The Balaban J connectivity index is 1.39. The average Bonchev–Trinajstić information content (AvgIpc) is 3.62. The molecule has 0 aliphatic carbocycles. The van der Waals surface area contributed by atoms with Gasteiger partial charge in [-0.1, -0.05) is 115 Å². The number of rotatable bonds is 4. The molecule has 206 valence electrons. The second-order valence-corrected chi connectivity index (χ2v) is 11.0. The molecule has 4 heteroatoms. The smallest absolute Gasteiger partial charge is 0.231 e. The second-order valence-electron chi connectivity index (χ2n) is 11.0. The lowest BCUT2D eigenvalue weighted by Gasteiger charge is -2.08. The monoisotopic (exact) mass is 563 g/mol. The highest BCUT2D eigenvalue weighted by molar-refractivity contribution is 6.19. The summed E-state index contributed by atoms with van der Waals surface area (Å²) in [5, 5.41) is 4.22. The van der Waals surface area contributed by atoms with E-state index in [4.69, 9.17) is 14.4 Å². The first-order valence-corrected chi connectivity index (χ1v) is 14.8. The van der Waals surface area contributed by atoms with Gasteiger partial charge in [0, 0.05) is 33.0 Å². The molecule has 0 unspecified atom stereocenters. The van der Waals surface area contributed by atoms with Gasteiger partial charge in [-0.25, -0.2) is 4.98 Å². The van der Waals surface area contributed by atoms with E-state index < -0.39 is 0 Å². The Labute approximate surface area is 253 Å². The molecule has 0 atom stereocenters. The van der Waals surface area contributed by atoms with Crippen LogP contribution >= 0.6 is 0 Å². The molecule has 0 bridgehead atoms. The Morgan fingerprint density at radius 2 is 1.07 bits per heavy atom. The maximum Gasteiger partial charge on any atom is 0.231 e. The number of fused-ring (bicyclic) bond motifs is 6. The van der Waals surface area contributed by atoms with Crippen LogP contribution in [-0.2, 0) is 0 Å². The third-order valence-electron chi connectivity index (χ3n) is 8.42. The predicted molar refractivity (Wildman–Crippen MR) is 180 cm³/mol. The van der Waals surface area contributed by atoms with Crippen LogP contribution in [0, 0.1) is 0 Å². The summed E-state index contributed by atoms with van der Waals surface area (Å²) in [5.74, 6) is 0.646. The molecule has 0 aliphatic rings. The molecular formula is C40H25N3O. The van der Waals surface area contributed by atoms with Crippen LogP contribution in [0.15, 0.2) is 156 Å². The van der Waals surface area contributed by atoms with Gasteiger partial charge in [0.15, 0.2) is 5.82 Å². The molecule has 0 spiro atoms. The van der Waals surface area contributed by atoms with Gasteiger partial charge in [0.1, 0.15) is 5.58 Å². The SMILES string of the molecule is c1ccc(-c2ccc3c(c2)c2cc4oc5nc(-c6ccccc6)nc(-c6ccccc6)c5c4cc2n3-c2ccccc2)cc1. The highest BCUT2D eigenvalue weighted by Gasteiger charge is 2.21. The number of para-hydroxylation sites is 1. The molecule has 0 saturated carbocycles. The highest BCUT2D eigenvalue weighted by Crippen LogP contribution is 2.42. The summed E-state index contributed by atoms with van der Waals surface area (Å²) in [6.07, 6.45) is 0. The zero-order valence-corrected chi connectivity index (χ0v) is 23.7. The van der Waals surface area contributed by atoms with Crippen LogP contribution in [0.4, 0.5) is 0 Å². The van der Waals surface area contributed by atoms with E-state index in [1.165, 1.54) is 16.5 Å². The Bertz CT molecular complexity index is 2460. The normalized spacial score (nSPS) is 11.6. The quantitative estimate of drug-likeness (QED) is 0.214. The molecule has 0 N–H and O–H groups in total. The van der Waals surface area contributed by atoms with Gasteiger partial charge in [0.05, 0.1) is 22.1 Å². The summed E-state index contributed by atoms with van der Waals surface area (Å²) in [6.45, 7) is 0. The van der Waals surface area contributed by atoms with Gasteiger partial charge in [0.2, 0.25) is 5.71 Å². The number of nitrogens with zero attached hydrogens (tertiary/aromatic N) is 3. The summed E-state index contributed by atoms with van der Waals surface area (Å²) in [7, 11) is 0. The molecule has 44 heavy (non-hydrogen) atoms. The van der Waals surface area contributed by atoms with E-state index >= 15 is 0 Å². The van der Waals surface area contributed by atoms with E-state index in [0.717, 1.165) is 55.3 Å². The van der Waals surface area contributed by atoms with Gasteiger partial charge in [-0.05, 0) is 47.5 Å². The fraction of sp³-hybridized carbons (Fsp3) is 0. The molecule has 0 radical (unpaired) electrons. The average molecular weight is 564 g/mol. The van der Waals surface area contributed by atoms with Gasteiger partial charge in [-0.3, -0.25) is 0 Å². The van der Waals surface area contributed by atoms with Crippen molar-refractivity contribution in [3.05, 3.63) is 152 Å². The number of aromatic nitrogens is 3. The fourth-order valence-corrected chi connectivity index (χ4v) is 6.37. The summed E-state index contributed by atoms with van der Waals surface area (Å²) in [4.78, 5) is 10.1. The molecule has 0 aliphatic heterocycles. The van der Waals surface area contributed by atoms with E-state index in [9.17, 15) is 0 Å². The van der Waals surface area contributed by atoms with Crippen LogP contribution in [0.1, 0.15) is 0 Å².